The number of primary amides is 1. The highest BCUT2D eigenvalue weighted by molar-refractivity contribution is 9.10. The predicted molar refractivity (Wildman–Crippen MR) is 40.8 cm³/mol. The van der Waals surface area contributed by atoms with Gasteiger partial charge in [0.15, 0.2) is 0 Å². The summed E-state index contributed by atoms with van der Waals surface area (Å²) in [4.78, 5) is 10.6. The first-order valence-electron chi connectivity index (χ1n) is 2.54. The molecule has 0 bridgehead atoms. The maximum atomic E-state index is 10.6. The summed E-state index contributed by atoms with van der Waals surface area (Å²) in [6.45, 7) is 0. The Labute approximate surface area is 65.9 Å². The van der Waals surface area contributed by atoms with E-state index in [9.17, 15) is 4.79 Å². The fourth-order valence-corrected chi connectivity index (χ4v) is 1.19. The lowest BCUT2D eigenvalue weighted by molar-refractivity contribution is 0.0992. The second-order valence-electron chi connectivity index (χ2n) is 1.78. The van der Waals surface area contributed by atoms with Crippen LogP contribution in [0.1, 0.15) is 10.5 Å². The first-order chi connectivity index (χ1) is 4.63. The molecule has 1 rings (SSSR count). The monoisotopic (exact) mass is 203 g/mol. The first kappa shape index (κ1) is 7.14. The molecule has 10 heavy (non-hydrogen) atoms. The van der Waals surface area contributed by atoms with E-state index in [0.717, 1.165) is 0 Å². The van der Waals surface area contributed by atoms with E-state index >= 15 is 0 Å². The van der Waals surface area contributed by atoms with E-state index in [4.69, 9.17) is 11.6 Å². The Hall–Kier alpha value is -0.970. The van der Waals surface area contributed by atoms with Crippen molar-refractivity contribution in [2.24, 2.45) is 5.73 Å². The van der Waals surface area contributed by atoms with Gasteiger partial charge in [-0.3, -0.25) is 9.47 Å². The van der Waals surface area contributed by atoms with Crippen molar-refractivity contribution < 1.29 is 4.79 Å². The molecule has 1 heterocycles. The van der Waals surface area contributed by atoms with Crippen LogP contribution in [0.15, 0.2) is 16.7 Å². The molecule has 0 spiro atoms. The van der Waals surface area contributed by atoms with E-state index < -0.39 is 5.91 Å². The second-order valence-corrected chi connectivity index (χ2v) is 2.64. The predicted octanol–water partition coefficient (Wildman–Crippen LogP) is 0.0633. The van der Waals surface area contributed by atoms with Gasteiger partial charge in [-0.25, -0.2) is 0 Å². The molecule has 4 nitrogen and oxygen atoms in total. The third-order valence-corrected chi connectivity index (χ3v) is 1.74. The van der Waals surface area contributed by atoms with Crippen LogP contribution < -0.4 is 11.6 Å². The Morgan fingerprint density at radius 3 is 2.50 bits per heavy atom. The summed E-state index contributed by atoms with van der Waals surface area (Å²) in [5.74, 6) is 4.79. The number of hydrogen-bond donors (Lipinski definition) is 2. The summed E-state index contributed by atoms with van der Waals surface area (Å²) < 4.78 is 1.79. The van der Waals surface area contributed by atoms with Crippen molar-refractivity contribution in [1.82, 2.24) is 4.68 Å². The van der Waals surface area contributed by atoms with Gasteiger partial charge in [-0.05, 0) is 22.0 Å². The molecule has 4 N–H and O–H groups in total. The lowest BCUT2D eigenvalue weighted by Crippen LogP contribution is -2.21. The molecular formula is C5H6BrN3O. The molecule has 5 heteroatoms. The fourth-order valence-electron chi connectivity index (χ4n) is 0.667. The van der Waals surface area contributed by atoms with Gasteiger partial charge in [0.2, 0.25) is 0 Å². The Morgan fingerprint density at radius 1 is 1.70 bits per heavy atom. The number of halogens is 1. The van der Waals surface area contributed by atoms with Crippen molar-refractivity contribution in [1.29, 1.82) is 0 Å². The van der Waals surface area contributed by atoms with Gasteiger partial charge in [-0.1, -0.05) is 0 Å². The number of nitrogen functional groups attached to an aromatic ring is 1. The first-order valence-corrected chi connectivity index (χ1v) is 3.34. The molecule has 0 saturated carbocycles. The molecule has 0 aliphatic heterocycles. The van der Waals surface area contributed by atoms with Crippen LogP contribution in [0.2, 0.25) is 0 Å². The Morgan fingerprint density at radius 2 is 2.30 bits per heavy atom. The standard InChI is InChI=1S/C5H6BrN3O/c6-3-1-2-9(8)4(3)5(7)10/h1-2H,8H2,(H2,7,10). The van der Waals surface area contributed by atoms with E-state index in [1.165, 1.54) is 4.68 Å². The number of hydrogen-bond acceptors (Lipinski definition) is 2. The maximum Gasteiger partial charge on any atom is 0.268 e. The molecule has 1 amide bonds. The van der Waals surface area contributed by atoms with E-state index in [0.29, 0.717) is 4.47 Å². The normalized spacial score (nSPS) is 9.70. The quantitative estimate of drug-likeness (QED) is 0.635. The molecule has 0 aliphatic rings. The molecule has 0 saturated heterocycles. The van der Waals surface area contributed by atoms with Crippen molar-refractivity contribution in [3.05, 3.63) is 22.4 Å². The second kappa shape index (κ2) is 2.34. The van der Waals surface area contributed by atoms with Crippen LogP contribution in [0.4, 0.5) is 0 Å². The van der Waals surface area contributed by atoms with Gasteiger partial charge in [0.05, 0.1) is 4.47 Å². The van der Waals surface area contributed by atoms with Gasteiger partial charge in [0, 0.05) is 6.20 Å². The average molecular weight is 204 g/mol. The minimum atomic E-state index is -0.542. The highest BCUT2D eigenvalue weighted by atomic mass is 79.9. The minimum absolute atomic E-state index is 0.278. The van der Waals surface area contributed by atoms with Crippen molar-refractivity contribution >= 4 is 21.8 Å². The molecule has 0 atom stereocenters. The van der Waals surface area contributed by atoms with Crippen LogP contribution in [-0.2, 0) is 0 Å². The fraction of sp³-hybridized carbons (Fsp3) is 0. The van der Waals surface area contributed by atoms with E-state index in [-0.39, 0.29) is 5.69 Å². The zero-order valence-electron chi connectivity index (χ0n) is 5.04. The summed E-state index contributed by atoms with van der Waals surface area (Å²) in [6, 6.07) is 1.65. The number of aromatic nitrogens is 1. The molecule has 0 aromatic carbocycles. The average Bonchev–Trinajstić information content (AvgIpc) is 2.11. The third-order valence-electron chi connectivity index (χ3n) is 1.10. The minimum Gasteiger partial charge on any atom is -0.364 e. The summed E-state index contributed by atoms with van der Waals surface area (Å²) in [5.41, 5.74) is 5.27. The number of carbonyl (C=O) groups is 1. The lowest BCUT2D eigenvalue weighted by Gasteiger charge is -1.96. The topological polar surface area (TPSA) is 74.0 Å². The Bertz CT molecular complexity index is 248. The van der Waals surface area contributed by atoms with E-state index in [2.05, 4.69) is 15.9 Å². The number of carbonyl (C=O) groups excluding carboxylic acids is 1. The smallest absolute Gasteiger partial charge is 0.268 e. The Balaban J connectivity index is 3.23. The SMILES string of the molecule is NC(=O)c1c(Br)ccn1N. The third kappa shape index (κ3) is 0.995. The van der Waals surface area contributed by atoms with E-state index in [1.807, 2.05) is 0 Å². The molecule has 1 aromatic rings. The summed E-state index contributed by atoms with van der Waals surface area (Å²) in [6.07, 6.45) is 1.55. The number of nitrogens with two attached hydrogens (primary N) is 2. The molecule has 54 valence electrons. The van der Waals surface area contributed by atoms with Crippen molar-refractivity contribution in [3.63, 3.8) is 0 Å². The van der Waals surface area contributed by atoms with Crippen LogP contribution in [0.25, 0.3) is 0 Å². The van der Waals surface area contributed by atoms with Crippen molar-refractivity contribution in [2.75, 3.05) is 5.84 Å². The van der Waals surface area contributed by atoms with Gasteiger partial charge >= 0.3 is 0 Å². The van der Waals surface area contributed by atoms with Crippen LogP contribution in [0, 0.1) is 0 Å². The Kier molecular flexibility index (Phi) is 1.67. The largest absolute Gasteiger partial charge is 0.364 e. The van der Waals surface area contributed by atoms with Crippen molar-refractivity contribution in [3.8, 4) is 0 Å². The highest BCUT2D eigenvalue weighted by Crippen LogP contribution is 2.14. The zero-order chi connectivity index (χ0) is 7.72. The van der Waals surface area contributed by atoms with Crippen LogP contribution in [0.5, 0.6) is 0 Å². The molecule has 1 aromatic heterocycles. The molecule has 0 aliphatic carbocycles. The van der Waals surface area contributed by atoms with Gasteiger partial charge in [0.25, 0.3) is 5.91 Å². The summed E-state index contributed by atoms with van der Waals surface area (Å²) >= 11 is 3.12. The van der Waals surface area contributed by atoms with E-state index in [1.54, 1.807) is 12.3 Å². The molecule has 0 unspecified atom stereocenters. The lowest BCUT2D eigenvalue weighted by atomic mass is 10.4. The molecule has 0 fully saturated rings. The number of amides is 1. The summed E-state index contributed by atoms with van der Waals surface area (Å²) in [5, 5.41) is 0. The van der Waals surface area contributed by atoms with Gasteiger partial charge in [-0.2, -0.15) is 0 Å². The van der Waals surface area contributed by atoms with Gasteiger partial charge in [0.1, 0.15) is 5.69 Å². The maximum absolute atomic E-state index is 10.6. The van der Waals surface area contributed by atoms with Crippen LogP contribution in [0.3, 0.4) is 0 Å². The molecule has 0 radical (unpaired) electrons. The number of nitrogens with zero attached hydrogens (tertiary/aromatic N) is 1. The highest BCUT2D eigenvalue weighted by Gasteiger charge is 2.09. The van der Waals surface area contributed by atoms with Gasteiger partial charge < -0.3 is 11.6 Å². The van der Waals surface area contributed by atoms with Crippen molar-refractivity contribution in [2.45, 2.75) is 0 Å². The molecular weight excluding hydrogens is 198 g/mol. The van der Waals surface area contributed by atoms with Crippen LogP contribution in [-0.4, -0.2) is 10.6 Å². The van der Waals surface area contributed by atoms with Gasteiger partial charge in [-0.15, -0.1) is 0 Å². The van der Waals surface area contributed by atoms with Crippen LogP contribution >= 0.6 is 15.9 Å². The number of rotatable bonds is 1. The zero-order valence-corrected chi connectivity index (χ0v) is 6.63. The summed E-state index contributed by atoms with van der Waals surface area (Å²) in [7, 11) is 0.